The molecule has 0 unspecified atom stereocenters. The van der Waals surface area contributed by atoms with Crippen molar-refractivity contribution in [2.75, 3.05) is 12.4 Å². The van der Waals surface area contributed by atoms with Crippen LogP contribution < -0.4 is 10.6 Å². The Morgan fingerprint density at radius 2 is 2.00 bits per heavy atom. The molecule has 0 bridgehead atoms. The molecule has 0 aromatic carbocycles. The maximum atomic E-state index is 12.7. The van der Waals surface area contributed by atoms with Crippen molar-refractivity contribution in [3.8, 4) is 0 Å². The van der Waals surface area contributed by atoms with E-state index < -0.39 is 5.82 Å². The van der Waals surface area contributed by atoms with E-state index in [1.165, 1.54) is 31.4 Å². The largest absolute Gasteiger partial charge is 0.355 e. The number of carbonyl (C=O) groups excluding carboxylic acids is 1. The third-order valence-corrected chi connectivity index (χ3v) is 2.62. The summed E-state index contributed by atoms with van der Waals surface area (Å²) < 4.78 is 12.7. The van der Waals surface area contributed by atoms with Crippen LogP contribution in [-0.2, 0) is 0 Å². The third kappa shape index (κ3) is 3.17. The first-order valence-electron chi connectivity index (χ1n) is 5.36. The Hall–Kier alpha value is -2.21. The fourth-order valence-corrected chi connectivity index (χ4v) is 1.62. The molecule has 2 aromatic heterocycles. The Balaban J connectivity index is 2.20. The van der Waals surface area contributed by atoms with Crippen LogP contribution >= 0.6 is 11.6 Å². The van der Waals surface area contributed by atoms with Gasteiger partial charge in [0.1, 0.15) is 17.5 Å². The van der Waals surface area contributed by atoms with Gasteiger partial charge in [-0.2, -0.15) is 0 Å². The third-order valence-electron chi connectivity index (χ3n) is 2.31. The Bertz CT molecular complexity index is 603. The summed E-state index contributed by atoms with van der Waals surface area (Å²) in [6.45, 7) is 0. The van der Waals surface area contributed by atoms with Gasteiger partial charge in [-0.15, -0.1) is 0 Å². The smallest absolute Gasteiger partial charge is 0.254 e. The molecule has 1 amide bonds. The van der Waals surface area contributed by atoms with E-state index in [-0.39, 0.29) is 16.5 Å². The van der Waals surface area contributed by atoms with Gasteiger partial charge >= 0.3 is 0 Å². The standard InChI is InChI=1S/C12H10ClFN4O/c1-15-12(19)8-6-17-11(4-9(8)13)18-10-3-2-7(14)5-16-10/h2-6H,1H3,(H,15,19)(H,16,17,18). The van der Waals surface area contributed by atoms with Gasteiger partial charge in [0.25, 0.3) is 5.91 Å². The van der Waals surface area contributed by atoms with Gasteiger partial charge in [-0.1, -0.05) is 11.6 Å². The van der Waals surface area contributed by atoms with E-state index in [0.717, 1.165) is 6.20 Å². The van der Waals surface area contributed by atoms with Gasteiger partial charge in [0.2, 0.25) is 0 Å². The summed E-state index contributed by atoms with van der Waals surface area (Å²) in [5, 5.41) is 5.57. The van der Waals surface area contributed by atoms with E-state index in [2.05, 4.69) is 20.6 Å². The first kappa shape index (κ1) is 13.2. The second kappa shape index (κ2) is 5.62. The zero-order chi connectivity index (χ0) is 13.8. The molecule has 5 nitrogen and oxygen atoms in total. The molecule has 19 heavy (non-hydrogen) atoms. The Kier molecular flexibility index (Phi) is 3.91. The minimum Gasteiger partial charge on any atom is -0.355 e. The van der Waals surface area contributed by atoms with Crippen molar-refractivity contribution in [2.45, 2.75) is 0 Å². The summed E-state index contributed by atoms with van der Waals surface area (Å²) in [7, 11) is 1.51. The van der Waals surface area contributed by atoms with Crippen LogP contribution in [0.3, 0.4) is 0 Å². The molecule has 0 aliphatic heterocycles. The predicted octanol–water partition coefficient (Wildman–Crippen LogP) is 2.37. The lowest BCUT2D eigenvalue weighted by molar-refractivity contribution is 0.0963. The molecular weight excluding hydrogens is 271 g/mol. The van der Waals surface area contributed by atoms with Gasteiger partial charge < -0.3 is 10.6 Å². The molecule has 2 heterocycles. The highest BCUT2D eigenvalue weighted by Gasteiger charge is 2.10. The van der Waals surface area contributed by atoms with Crippen molar-refractivity contribution in [3.63, 3.8) is 0 Å². The molecule has 2 aromatic rings. The average Bonchev–Trinajstić information content (AvgIpc) is 2.41. The maximum Gasteiger partial charge on any atom is 0.254 e. The van der Waals surface area contributed by atoms with Gasteiger partial charge in [-0.05, 0) is 12.1 Å². The van der Waals surface area contributed by atoms with Crippen molar-refractivity contribution in [2.24, 2.45) is 0 Å². The molecule has 7 heteroatoms. The van der Waals surface area contributed by atoms with Crippen LogP contribution in [0.15, 0.2) is 30.6 Å². The molecule has 0 aliphatic rings. The number of hydrogen-bond donors (Lipinski definition) is 2. The van der Waals surface area contributed by atoms with Crippen LogP contribution in [-0.4, -0.2) is 22.9 Å². The fraction of sp³-hybridized carbons (Fsp3) is 0.0833. The number of hydrogen-bond acceptors (Lipinski definition) is 4. The fourth-order valence-electron chi connectivity index (χ4n) is 1.38. The lowest BCUT2D eigenvalue weighted by Gasteiger charge is -2.07. The van der Waals surface area contributed by atoms with Crippen LogP contribution in [0.5, 0.6) is 0 Å². The van der Waals surface area contributed by atoms with Crippen molar-refractivity contribution in [1.29, 1.82) is 0 Å². The molecular formula is C12H10ClFN4O. The SMILES string of the molecule is CNC(=O)c1cnc(Nc2ccc(F)cn2)cc1Cl. The van der Waals surface area contributed by atoms with Crippen LogP contribution in [0.1, 0.15) is 10.4 Å². The maximum absolute atomic E-state index is 12.7. The summed E-state index contributed by atoms with van der Waals surface area (Å²) in [6.07, 6.45) is 2.44. The van der Waals surface area contributed by atoms with E-state index in [1.54, 1.807) is 0 Å². The van der Waals surface area contributed by atoms with E-state index in [1.807, 2.05) is 0 Å². The quantitative estimate of drug-likeness (QED) is 0.906. The van der Waals surface area contributed by atoms with Gasteiger partial charge in [0.05, 0.1) is 16.8 Å². The highest BCUT2D eigenvalue weighted by atomic mass is 35.5. The molecule has 0 fully saturated rings. The monoisotopic (exact) mass is 280 g/mol. The molecule has 0 spiro atoms. The summed E-state index contributed by atoms with van der Waals surface area (Å²) in [4.78, 5) is 19.3. The molecule has 0 atom stereocenters. The predicted molar refractivity (Wildman–Crippen MR) is 70.1 cm³/mol. The summed E-state index contributed by atoms with van der Waals surface area (Å²) in [6, 6.07) is 4.24. The van der Waals surface area contributed by atoms with Gasteiger partial charge in [-0.25, -0.2) is 14.4 Å². The Morgan fingerprint density at radius 3 is 2.58 bits per heavy atom. The zero-order valence-corrected chi connectivity index (χ0v) is 10.7. The highest BCUT2D eigenvalue weighted by Crippen LogP contribution is 2.20. The second-order valence-corrected chi connectivity index (χ2v) is 4.02. The topological polar surface area (TPSA) is 66.9 Å². The van der Waals surface area contributed by atoms with Gasteiger partial charge in [0.15, 0.2) is 0 Å². The average molecular weight is 281 g/mol. The minimum absolute atomic E-state index is 0.263. The van der Waals surface area contributed by atoms with Gasteiger partial charge in [0, 0.05) is 19.3 Å². The van der Waals surface area contributed by atoms with E-state index >= 15 is 0 Å². The number of halogens is 2. The highest BCUT2D eigenvalue weighted by molar-refractivity contribution is 6.34. The number of aromatic nitrogens is 2. The van der Waals surface area contributed by atoms with E-state index in [9.17, 15) is 9.18 Å². The molecule has 0 aliphatic carbocycles. The van der Waals surface area contributed by atoms with Crippen molar-refractivity contribution < 1.29 is 9.18 Å². The van der Waals surface area contributed by atoms with Crippen LogP contribution in [0.25, 0.3) is 0 Å². The zero-order valence-electron chi connectivity index (χ0n) is 9.95. The molecule has 2 rings (SSSR count). The number of nitrogens with zero attached hydrogens (tertiary/aromatic N) is 2. The van der Waals surface area contributed by atoms with E-state index in [4.69, 9.17) is 11.6 Å². The number of nitrogens with one attached hydrogen (secondary N) is 2. The summed E-state index contributed by atoms with van der Waals surface area (Å²) in [5.74, 6) is 0.102. The van der Waals surface area contributed by atoms with Crippen LogP contribution in [0.4, 0.5) is 16.0 Å². The number of rotatable bonds is 3. The molecule has 2 N–H and O–H groups in total. The molecule has 98 valence electrons. The molecule has 0 saturated carbocycles. The Morgan fingerprint density at radius 1 is 1.26 bits per heavy atom. The minimum atomic E-state index is -0.425. The molecule has 0 radical (unpaired) electrons. The number of carbonyl (C=O) groups is 1. The lowest BCUT2D eigenvalue weighted by atomic mass is 10.2. The van der Waals surface area contributed by atoms with Gasteiger partial charge in [-0.3, -0.25) is 4.79 Å². The normalized spacial score (nSPS) is 10.1. The van der Waals surface area contributed by atoms with Crippen LogP contribution in [0.2, 0.25) is 5.02 Å². The summed E-state index contributed by atoms with van der Waals surface area (Å²) >= 11 is 5.97. The first-order chi connectivity index (χ1) is 9.10. The first-order valence-corrected chi connectivity index (χ1v) is 5.74. The van der Waals surface area contributed by atoms with Crippen molar-refractivity contribution in [1.82, 2.24) is 15.3 Å². The second-order valence-electron chi connectivity index (χ2n) is 3.62. The van der Waals surface area contributed by atoms with E-state index in [0.29, 0.717) is 11.6 Å². The number of pyridine rings is 2. The Labute approximate surface area is 113 Å². The van der Waals surface area contributed by atoms with Crippen molar-refractivity contribution >= 4 is 29.1 Å². The lowest BCUT2D eigenvalue weighted by Crippen LogP contribution is -2.18. The van der Waals surface area contributed by atoms with Crippen LogP contribution in [0, 0.1) is 5.82 Å². The van der Waals surface area contributed by atoms with Crippen molar-refractivity contribution in [3.05, 3.63) is 47.0 Å². The number of amides is 1. The summed E-state index contributed by atoms with van der Waals surface area (Å²) in [5.41, 5.74) is 0.279. The molecule has 0 saturated heterocycles. The number of anilines is 2.